The van der Waals surface area contributed by atoms with Crippen LogP contribution in [0.5, 0.6) is 5.75 Å². The van der Waals surface area contributed by atoms with Crippen LogP contribution in [0.4, 0.5) is 0 Å². The highest BCUT2D eigenvalue weighted by Gasteiger charge is 2.23. The van der Waals surface area contributed by atoms with Crippen LogP contribution in [0.2, 0.25) is 0 Å². The average molecular weight is 377 g/mol. The van der Waals surface area contributed by atoms with Crippen molar-refractivity contribution in [2.75, 3.05) is 13.7 Å². The molecule has 2 unspecified atom stereocenters. The zero-order valence-corrected chi connectivity index (χ0v) is 16.3. The molecule has 2 aromatic carbocycles. The summed E-state index contributed by atoms with van der Waals surface area (Å²) in [5.74, 6) is 2.47. The van der Waals surface area contributed by atoms with Crippen molar-refractivity contribution in [2.45, 2.75) is 32.2 Å². The highest BCUT2D eigenvalue weighted by atomic mass is 16.5. The van der Waals surface area contributed by atoms with E-state index in [0.717, 1.165) is 36.2 Å². The van der Waals surface area contributed by atoms with Crippen molar-refractivity contribution in [1.29, 1.82) is 0 Å². The van der Waals surface area contributed by atoms with Crippen molar-refractivity contribution in [2.24, 2.45) is 17.6 Å². The van der Waals surface area contributed by atoms with Gasteiger partial charge in [-0.1, -0.05) is 30.7 Å². The molecule has 0 radical (unpaired) electrons. The predicted molar refractivity (Wildman–Crippen MR) is 112 cm³/mol. The molecule has 1 saturated carbocycles. The molecular formula is C23H27N3O2. The number of hydrogen-bond acceptors (Lipinski definition) is 4. The number of ether oxygens (including phenoxy) is 1. The largest absolute Gasteiger partial charge is 0.497 e. The number of rotatable bonds is 5. The number of fused-ring (bicyclic) bond motifs is 1. The number of para-hydroxylation sites is 1. The first-order chi connectivity index (χ1) is 13.7. The standard InChI is InChI=1S/C23H27N3O2/c1-28-19-9-5-8-18(13-19)22-25-21-11-3-2-10-20(21)23(27)26(22)15-17-7-4-6-16(12-17)14-24/h2-3,5,8-11,13,16-17H,4,6-7,12,14-15,24H2,1H3. The fourth-order valence-corrected chi connectivity index (χ4v) is 4.36. The second-order valence-electron chi connectivity index (χ2n) is 7.73. The minimum atomic E-state index is 0.0262. The molecule has 2 N–H and O–H groups in total. The van der Waals surface area contributed by atoms with Crippen LogP contribution in [0, 0.1) is 11.8 Å². The van der Waals surface area contributed by atoms with Crippen molar-refractivity contribution < 1.29 is 4.74 Å². The SMILES string of the molecule is COc1cccc(-c2nc3ccccc3c(=O)n2CC2CCCC(CN)C2)c1. The van der Waals surface area contributed by atoms with Crippen LogP contribution < -0.4 is 16.0 Å². The fourth-order valence-electron chi connectivity index (χ4n) is 4.36. The van der Waals surface area contributed by atoms with E-state index in [1.165, 1.54) is 12.8 Å². The minimum Gasteiger partial charge on any atom is -0.497 e. The quantitative estimate of drug-likeness (QED) is 0.733. The van der Waals surface area contributed by atoms with Gasteiger partial charge in [0.05, 0.1) is 18.0 Å². The van der Waals surface area contributed by atoms with Crippen LogP contribution in [0.15, 0.2) is 53.3 Å². The number of aromatic nitrogens is 2. The summed E-state index contributed by atoms with van der Waals surface area (Å²) in [7, 11) is 1.65. The van der Waals surface area contributed by atoms with Gasteiger partial charge in [0.2, 0.25) is 0 Å². The van der Waals surface area contributed by atoms with Crippen LogP contribution in [0.1, 0.15) is 25.7 Å². The van der Waals surface area contributed by atoms with Crippen molar-refractivity contribution in [3.05, 3.63) is 58.9 Å². The normalized spacial score (nSPS) is 19.6. The zero-order chi connectivity index (χ0) is 19.5. The maximum atomic E-state index is 13.4. The second kappa shape index (κ2) is 8.15. The molecule has 5 nitrogen and oxygen atoms in total. The van der Waals surface area contributed by atoms with Gasteiger partial charge in [-0.25, -0.2) is 4.98 Å². The average Bonchev–Trinajstić information content (AvgIpc) is 2.75. The van der Waals surface area contributed by atoms with E-state index in [0.29, 0.717) is 29.6 Å². The monoisotopic (exact) mass is 377 g/mol. The van der Waals surface area contributed by atoms with Crippen LogP contribution in [-0.4, -0.2) is 23.2 Å². The molecule has 1 aliphatic rings. The molecule has 0 amide bonds. The maximum absolute atomic E-state index is 13.4. The molecule has 2 atom stereocenters. The Bertz CT molecular complexity index is 1030. The van der Waals surface area contributed by atoms with E-state index in [1.54, 1.807) is 7.11 Å². The van der Waals surface area contributed by atoms with Gasteiger partial charge in [0.1, 0.15) is 11.6 Å². The molecule has 4 rings (SSSR count). The number of methoxy groups -OCH3 is 1. The fraction of sp³-hybridized carbons (Fsp3) is 0.391. The van der Waals surface area contributed by atoms with E-state index < -0.39 is 0 Å². The predicted octanol–water partition coefficient (Wildman–Crippen LogP) is 3.84. The molecule has 146 valence electrons. The van der Waals surface area contributed by atoms with Crippen LogP contribution in [0.3, 0.4) is 0 Å². The zero-order valence-electron chi connectivity index (χ0n) is 16.3. The van der Waals surface area contributed by atoms with Crippen molar-refractivity contribution in [3.8, 4) is 17.1 Å². The molecule has 1 aromatic heterocycles. The highest BCUT2D eigenvalue weighted by Crippen LogP contribution is 2.31. The number of hydrogen-bond donors (Lipinski definition) is 1. The first-order valence-corrected chi connectivity index (χ1v) is 10.0. The van der Waals surface area contributed by atoms with Crippen LogP contribution >= 0.6 is 0 Å². The third-order valence-corrected chi connectivity index (χ3v) is 5.86. The molecule has 5 heteroatoms. The topological polar surface area (TPSA) is 70.1 Å². The Morgan fingerprint density at radius 3 is 2.79 bits per heavy atom. The molecule has 1 fully saturated rings. The summed E-state index contributed by atoms with van der Waals surface area (Å²) in [6, 6.07) is 15.3. The summed E-state index contributed by atoms with van der Waals surface area (Å²) in [5.41, 5.74) is 7.57. The van der Waals surface area contributed by atoms with Gasteiger partial charge in [-0.05, 0) is 61.9 Å². The molecule has 3 aromatic rings. The third kappa shape index (κ3) is 3.67. The van der Waals surface area contributed by atoms with Crippen molar-refractivity contribution in [1.82, 2.24) is 9.55 Å². The molecule has 0 spiro atoms. The second-order valence-corrected chi connectivity index (χ2v) is 7.73. The lowest BCUT2D eigenvalue weighted by atomic mass is 9.81. The van der Waals surface area contributed by atoms with Gasteiger partial charge in [0, 0.05) is 12.1 Å². The molecular weight excluding hydrogens is 350 g/mol. The summed E-state index contributed by atoms with van der Waals surface area (Å²) < 4.78 is 7.25. The van der Waals surface area contributed by atoms with Gasteiger partial charge < -0.3 is 10.5 Å². The van der Waals surface area contributed by atoms with E-state index in [1.807, 2.05) is 53.1 Å². The Morgan fingerprint density at radius 1 is 1.14 bits per heavy atom. The minimum absolute atomic E-state index is 0.0262. The summed E-state index contributed by atoms with van der Waals surface area (Å²) in [4.78, 5) is 18.2. The Balaban J connectivity index is 1.82. The van der Waals surface area contributed by atoms with E-state index in [9.17, 15) is 4.79 Å². The molecule has 1 aliphatic carbocycles. The molecule has 0 aliphatic heterocycles. The lowest BCUT2D eigenvalue weighted by molar-refractivity contribution is 0.246. The molecule has 0 saturated heterocycles. The maximum Gasteiger partial charge on any atom is 0.261 e. The van der Waals surface area contributed by atoms with Crippen molar-refractivity contribution >= 4 is 10.9 Å². The van der Waals surface area contributed by atoms with Crippen LogP contribution in [-0.2, 0) is 6.54 Å². The number of nitrogens with zero attached hydrogens (tertiary/aromatic N) is 2. The Hall–Kier alpha value is -2.66. The first kappa shape index (κ1) is 18.7. The lowest BCUT2D eigenvalue weighted by Crippen LogP contribution is -2.30. The van der Waals surface area contributed by atoms with Crippen LogP contribution in [0.25, 0.3) is 22.3 Å². The molecule has 1 heterocycles. The lowest BCUT2D eigenvalue weighted by Gasteiger charge is -2.29. The van der Waals surface area contributed by atoms with Crippen molar-refractivity contribution in [3.63, 3.8) is 0 Å². The summed E-state index contributed by atoms with van der Waals surface area (Å²) in [6.45, 7) is 1.41. The number of nitrogens with two attached hydrogens (primary N) is 1. The van der Waals surface area contributed by atoms with Gasteiger partial charge >= 0.3 is 0 Å². The molecule has 0 bridgehead atoms. The Morgan fingerprint density at radius 2 is 1.96 bits per heavy atom. The van der Waals surface area contributed by atoms with Gasteiger partial charge in [-0.15, -0.1) is 0 Å². The number of benzene rings is 2. The summed E-state index contributed by atoms with van der Waals surface area (Å²) in [5, 5.41) is 0.667. The summed E-state index contributed by atoms with van der Waals surface area (Å²) in [6.07, 6.45) is 4.58. The van der Waals surface area contributed by atoms with Gasteiger partial charge in [-0.2, -0.15) is 0 Å². The summed E-state index contributed by atoms with van der Waals surface area (Å²) >= 11 is 0. The first-order valence-electron chi connectivity index (χ1n) is 10.0. The van der Waals surface area contributed by atoms with Gasteiger partial charge in [0.15, 0.2) is 0 Å². The van der Waals surface area contributed by atoms with E-state index in [-0.39, 0.29) is 5.56 Å². The third-order valence-electron chi connectivity index (χ3n) is 5.86. The van der Waals surface area contributed by atoms with E-state index >= 15 is 0 Å². The highest BCUT2D eigenvalue weighted by molar-refractivity contribution is 5.79. The van der Waals surface area contributed by atoms with Gasteiger partial charge in [0.25, 0.3) is 5.56 Å². The van der Waals surface area contributed by atoms with Gasteiger partial charge in [-0.3, -0.25) is 9.36 Å². The van der Waals surface area contributed by atoms with E-state index in [4.69, 9.17) is 15.5 Å². The van der Waals surface area contributed by atoms with E-state index in [2.05, 4.69) is 0 Å². The molecule has 28 heavy (non-hydrogen) atoms. The Labute approximate surface area is 165 Å². The smallest absolute Gasteiger partial charge is 0.261 e. The Kier molecular flexibility index (Phi) is 5.44.